The maximum absolute atomic E-state index is 12.9. The molecule has 444 valence electrons. The summed E-state index contributed by atoms with van der Waals surface area (Å²) in [5.74, 6) is -0.860. The van der Waals surface area contributed by atoms with Gasteiger partial charge in [-0.1, -0.05) is 333 Å². The summed E-state index contributed by atoms with van der Waals surface area (Å²) in [4.78, 5) is 38.4. The van der Waals surface area contributed by atoms with Crippen molar-refractivity contribution in [1.29, 1.82) is 0 Å². The average molecular weight is 1070 g/mol. The summed E-state index contributed by atoms with van der Waals surface area (Å²) in [5.41, 5.74) is 0. The van der Waals surface area contributed by atoms with Crippen LogP contribution >= 0.6 is 0 Å². The molecule has 0 aliphatic carbocycles. The van der Waals surface area contributed by atoms with Gasteiger partial charge in [-0.3, -0.25) is 14.4 Å². The van der Waals surface area contributed by atoms with Crippen LogP contribution in [0.2, 0.25) is 0 Å². The zero-order chi connectivity index (χ0) is 55.0. The predicted molar refractivity (Wildman–Crippen MR) is 330 cm³/mol. The molecule has 0 aliphatic rings. The monoisotopic (exact) mass is 1060 g/mol. The maximum Gasteiger partial charge on any atom is 0.306 e. The van der Waals surface area contributed by atoms with E-state index >= 15 is 0 Å². The number of allylic oxidation sites excluding steroid dienone is 8. The molecule has 0 spiro atoms. The fourth-order valence-corrected chi connectivity index (χ4v) is 10.1. The normalized spacial score (nSPS) is 12.3. The van der Waals surface area contributed by atoms with Crippen LogP contribution in [0.25, 0.3) is 0 Å². The SMILES string of the molecule is CC/C=C\C/C=C\C/C=C\C/C=C\CCCCCCCCC(=O)OC(COC(=O)CCCCCCCCCCCCCCCCCCCC)COC(=O)CCCCCCCCCCCCCCCCCCCCCCC. The molecule has 0 rings (SSSR count). The van der Waals surface area contributed by atoms with Gasteiger partial charge in [-0.05, 0) is 57.8 Å². The molecule has 0 aliphatic heterocycles. The zero-order valence-electron chi connectivity index (χ0n) is 51.0. The first-order valence-corrected chi connectivity index (χ1v) is 33.6. The highest BCUT2D eigenvalue weighted by molar-refractivity contribution is 5.71. The highest BCUT2D eigenvalue weighted by Crippen LogP contribution is 2.18. The van der Waals surface area contributed by atoms with E-state index in [4.69, 9.17) is 14.2 Å². The second-order valence-corrected chi connectivity index (χ2v) is 22.7. The van der Waals surface area contributed by atoms with Crippen LogP contribution in [0.3, 0.4) is 0 Å². The minimum absolute atomic E-state index is 0.0738. The predicted octanol–water partition coefficient (Wildman–Crippen LogP) is 22.9. The lowest BCUT2D eigenvalue weighted by Crippen LogP contribution is -2.30. The molecule has 6 nitrogen and oxygen atoms in total. The van der Waals surface area contributed by atoms with E-state index in [0.29, 0.717) is 19.3 Å². The molecule has 0 aromatic rings. The van der Waals surface area contributed by atoms with Gasteiger partial charge < -0.3 is 14.2 Å². The Kier molecular flexibility index (Phi) is 62.6. The Hall–Kier alpha value is -2.63. The summed E-state index contributed by atoms with van der Waals surface area (Å²) in [6.07, 6.45) is 81.2. The Morgan fingerprint density at radius 3 is 0.803 bits per heavy atom. The molecule has 0 aromatic carbocycles. The number of rotatable bonds is 62. The highest BCUT2D eigenvalue weighted by Gasteiger charge is 2.19. The van der Waals surface area contributed by atoms with Crippen molar-refractivity contribution in [1.82, 2.24) is 0 Å². The molecular weight excluding hydrogens is 937 g/mol. The third kappa shape index (κ3) is 62.2. The van der Waals surface area contributed by atoms with Crippen LogP contribution in [0.5, 0.6) is 0 Å². The van der Waals surface area contributed by atoms with E-state index in [9.17, 15) is 14.4 Å². The van der Waals surface area contributed by atoms with Crippen LogP contribution < -0.4 is 0 Å². The van der Waals surface area contributed by atoms with Crippen LogP contribution in [0, 0.1) is 0 Å². The molecule has 0 heterocycles. The molecule has 0 amide bonds. The van der Waals surface area contributed by atoms with E-state index < -0.39 is 6.10 Å². The second-order valence-electron chi connectivity index (χ2n) is 22.7. The Morgan fingerprint density at radius 2 is 0.513 bits per heavy atom. The largest absolute Gasteiger partial charge is 0.462 e. The number of ether oxygens (including phenoxy) is 3. The lowest BCUT2D eigenvalue weighted by Gasteiger charge is -2.18. The molecule has 0 saturated heterocycles. The minimum atomic E-state index is -0.779. The van der Waals surface area contributed by atoms with E-state index in [0.717, 1.165) is 96.3 Å². The number of carbonyl (C=O) groups excluding carboxylic acids is 3. The van der Waals surface area contributed by atoms with Gasteiger partial charge in [0.15, 0.2) is 6.10 Å². The first-order valence-electron chi connectivity index (χ1n) is 33.6. The van der Waals surface area contributed by atoms with Crippen LogP contribution in [0.15, 0.2) is 48.6 Å². The smallest absolute Gasteiger partial charge is 0.306 e. The maximum atomic E-state index is 12.9. The Balaban J connectivity index is 4.34. The van der Waals surface area contributed by atoms with Crippen LogP contribution in [-0.2, 0) is 28.6 Å². The molecule has 0 radical (unpaired) electrons. The number of hydrogen-bond acceptors (Lipinski definition) is 6. The summed E-state index contributed by atoms with van der Waals surface area (Å²) in [7, 11) is 0. The third-order valence-corrected chi connectivity index (χ3v) is 15.1. The van der Waals surface area contributed by atoms with Gasteiger partial charge in [0, 0.05) is 19.3 Å². The van der Waals surface area contributed by atoms with Gasteiger partial charge in [0.25, 0.3) is 0 Å². The molecule has 0 bridgehead atoms. The number of carbonyl (C=O) groups is 3. The fraction of sp³-hybridized carbons (Fsp3) is 0.843. The third-order valence-electron chi connectivity index (χ3n) is 15.1. The van der Waals surface area contributed by atoms with Crippen molar-refractivity contribution in [3.05, 3.63) is 48.6 Å². The van der Waals surface area contributed by atoms with Crippen molar-refractivity contribution in [2.24, 2.45) is 0 Å². The minimum Gasteiger partial charge on any atom is -0.462 e. The van der Waals surface area contributed by atoms with E-state index in [1.54, 1.807) is 0 Å². The Labute approximate surface area is 473 Å². The van der Waals surface area contributed by atoms with Gasteiger partial charge >= 0.3 is 17.9 Å². The molecule has 1 atom stereocenters. The van der Waals surface area contributed by atoms with E-state index in [1.165, 1.54) is 225 Å². The summed E-state index contributed by atoms with van der Waals surface area (Å²) in [5, 5.41) is 0. The molecule has 0 fully saturated rings. The Bertz CT molecular complexity index is 1310. The van der Waals surface area contributed by atoms with Gasteiger partial charge in [0.05, 0.1) is 0 Å². The molecule has 76 heavy (non-hydrogen) atoms. The number of esters is 3. The van der Waals surface area contributed by atoms with Crippen molar-refractivity contribution < 1.29 is 28.6 Å². The van der Waals surface area contributed by atoms with Crippen LogP contribution in [0.4, 0.5) is 0 Å². The summed E-state index contributed by atoms with van der Waals surface area (Å²) in [6, 6.07) is 0. The van der Waals surface area contributed by atoms with Gasteiger partial charge in [0.2, 0.25) is 0 Å². The van der Waals surface area contributed by atoms with Gasteiger partial charge in [-0.25, -0.2) is 0 Å². The average Bonchev–Trinajstić information content (AvgIpc) is 3.42. The molecule has 0 aromatic heterocycles. The molecule has 0 saturated carbocycles. The zero-order valence-corrected chi connectivity index (χ0v) is 51.0. The molecule has 6 heteroatoms. The van der Waals surface area contributed by atoms with Gasteiger partial charge in [-0.15, -0.1) is 0 Å². The Morgan fingerprint density at radius 1 is 0.276 bits per heavy atom. The fourth-order valence-electron chi connectivity index (χ4n) is 10.1. The summed E-state index contributed by atoms with van der Waals surface area (Å²) in [6.45, 7) is 6.59. The summed E-state index contributed by atoms with van der Waals surface area (Å²) >= 11 is 0. The van der Waals surface area contributed by atoms with Crippen molar-refractivity contribution in [2.75, 3.05) is 13.2 Å². The van der Waals surface area contributed by atoms with Crippen LogP contribution in [-0.4, -0.2) is 37.2 Å². The first kappa shape index (κ1) is 73.4. The van der Waals surface area contributed by atoms with Gasteiger partial charge in [0.1, 0.15) is 13.2 Å². The highest BCUT2D eigenvalue weighted by atomic mass is 16.6. The van der Waals surface area contributed by atoms with Gasteiger partial charge in [-0.2, -0.15) is 0 Å². The topological polar surface area (TPSA) is 78.9 Å². The van der Waals surface area contributed by atoms with Crippen molar-refractivity contribution in [3.8, 4) is 0 Å². The van der Waals surface area contributed by atoms with E-state index in [-0.39, 0.29) is 31.1 Å². The van der Waals surface area contributed by atoms with Crippen LogP contribution in [0.1, 0.15) is 361 Å². The van der Waals surface area contributed by atoms with Crippen molar-refractivity contribution in [2.45, 2.75) is 367 Å². The molecule has 1 unspecified atom stereocenters. The van der Waals surface area contributed by atoms with Crippen molar-refractivity contribution in [3.63, 3.8) is 0 Å². The number of hydrogen-bond donors (Lipinski definition) is 0. The number of unbranched alkanes of at least 4 members (excludes halogenated alkanes) is 43. The lowest BCUT2D eigenvalue weighted by atomic mass is 10.0. The lowest BCUT2D eigenvalue weighted by molar-refractivity contribution is -0.167. The molecule has 0 N–H and O–H groups in total. The van der Waals surface area contributed by atoms with E-state index in [2.05, 4.69) is 69.4 Å². The first-order chi connectivity index (χ1) is 37.5. The van der Waals surface area contributed by atoms with Crippen molar-refractivity contribution >= 4 is 17.9 Å². The molecular formula is C70H128O6. The summed E-state index contributed by atoms with van der Waals surface area (Å²) < 4.78 is 17.0. The van der Waals surface area contributed by atoms with E-state index in [1.807, 2.05) is 0 Å². The standard InChI is InChI=1S/C70H128O6/c1-4-7-10-13-16-19-22-25-28-31-34-35-37-39-42-45-48-51-54-57-60-63-69(72)75-66-67(65-74-68(71)62-59-56-53-50-47-44-41-38-33-30-27-24-21-18-15-12-9-6-3)76-70(73)64-61-58-55-52-49-46-43-40-36-32-29-26-23-20-17-14-11-8-5-2/h8,11,17,20,26,29,36,40,67H,4-7,9-10,12-16,18-19,21-25,27-28,30-35,37-39,41-66H2,1-3H3/b11-8-,20-17-,29-26-,40-36-. The second kappa shape index (κ2) is 64.9. The quantitative estimate of drug-likeness (QED) is 0.0261.